The lowest BCUT2D eigenvalue weighted by Gasteiger charge is -2.22. The van der Waals surface area contributed by atoms with Crippen LogP contribution in [0.2, 0.25) is 0 Å². The number of rotatable bonds is 4. The Morgan fingerprint density at radius 1 is 1.19 bits per heavy atom. The van der Waals surface area contributed by atoms with Gasteiger partial charge in [0.25, 0.3) is 0 Å². The molecule has 118 valence electrons. The summed E-state index contributed by atoms with van der Waals surface area (Å²) in [7, 11) is -6.92. The van der Waals surface area contributed by atoms with Crippen LogP contribution in [0.15, 0.2) is 23.1 Å². The van der Waals surface area contributed by atoms with Gasteiger partial charge in [0.1, 0.15) is 0 Å². The van der Waals surface area contributed by atoms with Crippen molar-refractivity contribution in [1.29, 1.82) is 0 Å². The first-order valence-electron chi connectivity index (χ1n) is 6.68. The van der Waals surface area contributed by atoms with Crippen LogP contribution in [0, 0.1) is 6.92 Å². The van der Waals surface area contributed by atoms with Crippen molar-refractivity contribution < 1.29 is 16.8 Å². The molecular weight excluding hydrogens is 312 g/mol. The van der Waals surface area contributed by atoms with Gasteiger partial charge >= 0.3 is 0 Å². The average molecular weight is 332 g/mol. The second-order valence-electron chi connectivity index (χ2n) is 5.52. The molecule has 2 rings (SSSR count). The van der Waals surface area contributed by atoms with Crippen molar-refractivity contribution in [2.24, 2.45) is 5.14 Å². The zero-order valence-electron chi connectivity index (χ0n) is 12.0. The second kappa shape index (κ2) is 5.58. The molecular formula is C13H20N2O4S2. The van der Waals surface area contributed by atoms with Gasteiger partial charge in [-0.1, -0.05) is 6.07 Å². The van der Waals surface area contributed by atoms with E-state index in [2.05, 4.69) is 5.32 Å². The third-order valence-electron chi connectivity index (χ3n) is 3.93. The summed E-state index contributed by atoms with van der Waals surface area (Å²) < 4.78 is 46.6. The number of sulfone groups is 1. The normalized spacial score (nSPS) is 23.2. The molecule has 1 aliphatic rings. The maximum Gasteiger partial charge on any atom is 0.238 e. The molecule has 6 nitrogen and oxygen atoms in total. The van der Waals surface area contributed by atoms with Gasteiger partial charge in [0.15, 0.2) is 9.84 Å². The molecule has 0 radical (unpaired) electrons. The Balaban J connectivity index is 2.33. The molecule has 0 aliphatic heterocycles. The molecule has 0 saturated heterocycles. The molecule has 0 aromatic heterocycles. The van der Waals surface area contributed by atoms with Crippen LogP contribution in [0.5, 0.6) is 0 Å². The number of anilines is 1. The number of nitrogens with two attached hydrogens (primary N) is 1. The maximum absolute atomic E-state index is 11.8. The Hall–Kier alpha value is -1.12. The van der Waals surface area contributed by atoms with Crippen LogP contribution in [0.3, 0.4) is 0 Å². The SMILES string of the molecule is Cc1c(NC2CCCC2S(C)(=O)=O)cccc1S(N)(=O)=O. The van der Waals surface area contributed by atoms with Crippen molar-refractivity contribution in [3.05, 3.63) is 23.8 Å². The van der Waals surface area contributed by atoms with Gasteiger partial charge in [0.05, 0.1) is 10.1 Å². The van der Waals surface area contributed by atoms with Gasteiger partial charge < -0.3 is 5.32 Å². The van der Waals surface area contributed by atoms with Crippen molar-refractivity contribution in [3.63, 3.8) is 0 Å². The van der Waals surface area contributed by atoms with E-state index in [0.717, 1.165) is 12.8 Å². The molecule has 1 aromatic carbocycles. The fourth-order valence-corrected chi connectivity index (χ4v) is 5.08. The Labute approximate surface area is 125 Å². The molecule has 2 unspecified atom stereocenters. The van der Waals surface area contributed by atoms with Crippen molar-refractivity contribution in [2.45, 2.75) is 42.4 Å². The minimum atomic E-state index is -3.79. The van der Waals surface area contributed by atoms with E-state index in [0.29, 0.717) is 17.7 Å². The van der Waals surface area contributed by atoms with Crippen LogP contribution in [0.1, 0.15) is 24.8 Å². The van der Waals surface area contributed by atoms with E-state index in [4.69, 9.17) is 5.14 Å². The van der Waals surface area contributed by atoms with Gasteiger partial charge in [-0.2, -0.15) is 0 Å². The molecule has 0 spiro atoms. The van der Waals surface area contributed by atoms with Crippen molar-refractivity contribution in [3.8, 4) is 0 Å². The van der Waals surface area contributed by atoms with Crippen LogP contribution in [-0.2, 0) is 19.9 Å². The number of sulfonamides is 1. The van der Waals surface area contributed by atoms with E-state index in [1.165, 1.54) is 12.3 Å². The molecule has 1 aliphatic carbocycles. The van der Waals surface area contributed by atoms with E-state index in [-0.39, 0.29) is 10.9 Å². The lowest BCUT2D eigenvalue weighted by Crippen LogP contribution is -2.34. The van der Waals surface area contributed by atoms with Gasteiger partial charge in [-0.3, -0.25) is 0 Å². The van der Waals surface area contributed by atoms with E-state index in [9.17, 15) is 16.8 Å². The summed E-state index contributed by atoms with van der Waals surface area (Å²) in [6.45, 7) is 1.66. The molecule has 3 N–H and O–H groups in total. The molecule has 0 bridgehead atoms. The predicted octanol–water partition coefficient (Wildman–Crippen LogP) is 1.02. The highest BCUT2D eigenvalue weighted by atomic mass is 32.2. The third kappa shape index (κ3) is 3.56. The average Bonchev–Trinajstić information content (AvgIpc) is 2.78. The number of nitrogens with one attached hydrogen (secondary N) is 1. The zero-order chi connectivity index (χ0) is 15.8. The Morgan fingerprint density at radius 2 is 1.86 bits per heavy atom. The van der Waals surface area contributed by atoms with Crippen LogP contribution in [0.25, 0.3) is 0 Å². The minimum Gasteiger partial charge on any atom is -0.381 e. The summed E-state index contributed by atoms with van der Waals surface area (Å²) in [5.41, 5.74) is 1.13. The van der Waals surface area contributed by atoms with Crippen molar-refractivity contribution in [1.82, 2.24) is 0 Å². The van der Waals surface area contributed by atoms with Gasteiger partial charge in [-0.25, -0.2) is 22.0 Å². The fourth-order valence-electron chi connectivity index (χ4n) is 2.88. The van der Waals surface area contributed by atoms with Crippen LogP contribution < -0.4 is 10.5 Å². The van der Waals surface area contributed by atoms with Gasteiger partial charge in [-0.15, -0.1) is 0 Å². The van der Waals surface area contributed by atoms with E-state index in [1.54, 1.807) is 19.1 Å². The first kappa shape index (κ1) is 16.3. The summed E-state index contributed by atoms with van der Waals surface area (Å²) in [4.78, 5) is 0.0569. The molecule has 1 saturated carbocycles. The first-order valence-corrected chi connectivity index (χ1v) is 10.2. The smallest absolute Gasteiger partial charge is 0.238 e. The third-order valence-corrected chi connectivity index (χ3v) is 6.65. The van der Waals surface area contributed by atoms with E-state index < -0.39 is 25.1 Å². The molecule has 8 heteroatoms. The van der Waals surface area contributed by atoms with Gasteiger partial charge in [-0.05, 0) is 43.9 Å². The Morgan fingerprint density at radius 3 is 2.43 bits per heavy atom. The lowest BCUT2D eigenvalue weighted by molar-refractivity contribution is 0.579. The standard InChI is InChI=1S/C13H20N2O4S2/c1-9-10(5-3-7-12(9)21(14,18)19)15-11-6-4-8-13(11)20(2,16)17/h3,5,7,11,13,15H,4,6,8H2,1-2H3,(H2,14,18,19). The quantitative estimate of drug-likeness (QED) is 0.856. The minimum absolute atomic E-state index is 0.0569. The van der Waals surface area contributed by atoms with Gasteiger partial charge in [0.2, 0.25) is 10.0 Å². The molecule has 21 heavy (non-hydrogen) atoms. The number of hydrogen-bond donors (Lipinski definition) is 2. The first-order chi connectivity index (χ1) is 9.60. The molecule has 1 fully saturated rings. The Kier molecular flexibility index (Phi) is 4.32. The largest absolute Gasteiger partial charge is 0.381 e. The highest BCUT2D eigenvalue weighted by Gasteiger charge is 2.35. The van der Waals surface area contributed by atoms with Gasteiger partial charge in [0, 0.05) is 18.0 Å². The predicted molar refractivity (Wildman–Crippen MR) is 82.4 cm³/mol. The van der Waals surface area contributed by atoms with Crippen LogP contribution in [-0.4, -0.2) is 34.4 Å². The monoisotopic (exact) mass is 332 g/mol. The number of benzene rings is 1. The number of hydrogen-bond acceptors (Lipinski definition) is 5. The highest BCUT2D eigenvalue weighted by Crippen LogP contribution is 2.30. The van der Waals surface area contributed by atoms with Crippen LogP contribution >= 0.6 is 0 Å². The van der Waals surface area contributed by atoms with Crippen molar-refractivity contribution in [2.75, 3.05) is 11.6 Å². The zero-order valence-corrected chi connectivity index (χ0v) is 13.7. The molecule has 0 heterocycles. The molecule has 0 amide bonds. The summed E-state index contributed by atoms with van der Waals surface area (Å²) in [5, 5.41) is 7.92. The Bertz CT molecular complexity index is 741. The second-order valence-corrected chi connectivity index (χ2v) is 9.32. The van der Waals surface area contributed by atoms with Crippen LogP contribution in [0.4, 0.5) is 5.69 Å². The summed E-state index contributed by atoms with van der Waals surface area (Å²) in [5.74, 6) is 0. The number of primary sulfonamides is 1. The summed E-state index contributed by atoms with van der Waals surface area (Å²) >= 11 is 0. The lowest BCUT2D eigenvalue weighted by atomic mass is 10.1. The fraction of sp³-hybridized carbons (Fsp3) is 0.538. The highest BCUT2D eigenvalue weighted by molar-refractivity contribution is 7.91. The van der Waals surface area contributed by atoms with E-state index >= 15 is 0 Å². The van der Waals surface area contributed by atoms with Crippen molar-refractivity contribution >= 4 is 25.5 Å². The maximum atomic E-state index is 11.8. The summed E-state index contributed by atoms with van der Waals surface area (Å²) in [6, 6.07) is 4.58. The van der Waals surface area contributed by atoms with E-state index in [1.807, 2.05) is 0 Å². The summed E-state index contributed by atoms with van der Waals surface area (Å²) in [6.07, 6.45) is 3.45. The molecule has 2 atom stereocenters. The molecule has 1 aromatic rings. The topological polar surface area (TPSA) is 106 Å².